The van der Waals surface area contributed by atoms with E-state index in [1.165, 1.54) is 10.7 Å². The van der Waals surface area contributed by atoms with Crippen LogP contribution in [-0.4, -0.2) is 50.2 Å². The van der Waals surface area contributed by atoms with Crippen molar-refractivity contribution in [3.63, 3.8) is 0 Å². The van der Waals surface area contributed by atoms with Gasteiger partial charge in [0.05, 0.1) is 18.8 Å². The summed E-state index contributed by atoms with van der Waals surface area (Å²) in [6, 6.07) is 2.06. The molecule has 3 heterocycles. The first kappa shape index (κ1) is 12.6. The Bertz CT molecular complexity index is 639. The molecule has 3 rings (SSSR count). The SMILES string of the molecule is CC1COC(CBr)CN1c1cc2n[nH]c(=O)n2cn1. The molecule has 0 radical (unpaired) electrons. The maximum absolute atomic E-state index is 11.4. The molecule has 19 heavy (non-hydrogen) atoms. The minimum Gasteiger partial charge on any atom is -0.373 e. The van der Waals surface area contributed by atoms with E-state index in [2.05, 4.69) is 42.9 Å². The van der Waals surface area contributed by atoms with Gasteiger partial charge in [0, 0.05) is 17.9 Å². The van der Waals surface area contributed by atoms with Gasteiger partial charge in [-0.2, -0.15) is 5.10 Å². The maximum Gasteiger partial charge on any atom is 0.348 e. The molecular weight excluding hydrogens is 314 g/mol. The quantitative estimate of drug-likeness (QED) is 0.808. The van der Waals surface area contributed by atoms with Crippen molar-refractivity contribution in [1.29, 1.82) is 0 Å². The Balaban J connectivity index is 1.95. The number of hydrogen-bond donors (Lipinski definition) is 1. The molecule has 1 fully saturated rings. The van der Waals surface area contributed by atoms with E-state index in [4.69, 9.17) is 4.74 Å². The van der Waals surface area contributed by atoms with Gasteiger partial charge in [0.2, 0.25) is 0 Å². The first-order chi connectivity index (χ1) is 9.19. The second kappa shape index (κ2) is 4.93. The van der Waals surface area contributed by atoms with E-state index in [0.717, 1.165) is 17.7 Å². The lowest BCUT2D eigenvalue weighted by Crippen LogP contribution is -2.49. The summed E-state index contributed by atoms with van der Waals surface area (Å²) in [7, 11) is 0. The van der Waals surface area contributed by atoms with Gasteiger partial charge in [-0.25, -0.2) is 19.3 Å². The summed E-state index contributed by atoms with van der Waals surface area (Å²) in [5.41, 5.74) is 0.298. The van der Waals surface area contributed by atoms with Crippen LogP contribution in [0.3, 0.4) is 0 Å². The zero-order valence-electron chi connectivity index (χ0n) is 10.4. The third-order valence-corrected chi connectivity index (χ3v) is 3.99. The lowest BCUT2D eigenvalue weighted by atomic mass is 10.2. The first-order valence-electron chi connectivity index (χ1n) is 6.06. The summed E-state index contributed by atoms with van der Waals surface area (Å²) >= 11 is 3.44. The molecule has 0 spiro atoms. The highest BCUT2D eigenvalue weighted by molar-refractivity contribution is 9.09. The zero-order chi connectivity index (χ0) is 13.4. The van der Waals surface area contributed by atoms with Crippen molar-refractivity contribution >= 4 is 27.4 Å². The van der Waals surface area contributed by atoms with Crippen molar-refractivity contribution in [1.82, 2.24) is 19.6 Å². The van der Waals surface area contributed by atoms with Gasteiger partial charge in [0.1, 0.15) is 12.1 Å². The number of morpholine rings is 1. The molecule has 0 aromatic carbocycles. The van der Waals surface area contributed by atoms with Gasteiger partial charge in [-0.3, -0.25) is 0 Å². The molecule has 102 valence electrons. The fourth-order valence-electron chi connectivity index (χ4n) is 2.19. The fourth-order valence-corrected chi connectivity index (χ4v) is 2.58. The van der Waals surface area contributed by atoms with Crippen LogP contribution < -0.4 is 10.6 Å². The van der Waals surface area contributed by atoms with Gasteiger partial charge in [-0.15, -0.1) is 0 Å². The van der Waals surface area contributed by atoms with E-state index in [9.17, 15) is 4.79 Å². The van der Waals surface area contributed by atoms with Crippen LogP contribution in [0.4, 0.5) is 5.82 Å². The molecular formula is C11H14BrN5O2. The highest BCUT2D eigenvalue weighted by atomic mass is 79.9. The van der Waals surface area contributed by atoms with Crippen molar-refractivity contribution in [2.75, 3.05) is 23.4 Å². The molecule has 8 heteroatoms. The average molecular weight is 328 g/mol. The Morgan fingerprint density at radius 1 is 1.63 bits per heavy atom. The largest absolute Gasteiger partial charge is 0.373 e. The maximum atomic E-state index is 11.4. The number of halogens is 1. The number of alkyl halides is 1. The van der Waals surface area contributed by atoms with E-state index in [-0.39, 0.29) is 17.8 Å². The van der Waals surface area contributed by atoms with Crippen LogP contribution >= 0.6 is 15.9 Å². The van der Waals surface area contributed by atoms with Crippen LogP contribution in [0.1, 0.15) is 6.92 Å². The van der Waals surface area contributed by atoms with Crippen molar-refractivity contribution in [2.24, 2.45) is 0 Å². The number of anilines is 1. The number of aromatic amines is 1. The number of nitrogens with zero attached hydrogens (tertiary/aromatic N) is 4. The van der Waals surface area contributed by atoms with E-state index >= 15 is 0 Å². The normalized spacial score (nSPS) is 24.0. The van der Waals surface area contributed by atoms with E-state index in [1.54, 1.807) is 0 Å². The Labute approximate surface area is 117 Å². The smallest absolute Gasteiger partial charge is 0.348 e. The highest BCUT2D eigenvalue weighted by Gasteiger charge is 2.26. The van der Waals surface area contributed by atoms with E-state index in [0.29, 0.717) is 12.3 Å². The fraction of sp³-hybridized carbons (Fsp3) is 0.545. The number of fused-ring (bicyclic) bond motifs is 1. The van der Waals surface area contributed by atoms with Gasteiger partial charge in [0.25, 0.3) is 0 Å². The molecule has 1 aliphatic heterocycles. The average Bonchev–Trinajstić information content (AvgIpc) is 2.80. The Morgan fingerprint density at radius 2 is 2.47 bits per heavy atom. The molecule has 2 atom stereocenters. The van der Waals surface area contributed by atoms with Gasteiger partial charge >= 0.3 is 5.69 Å². The number of H-pyrrole nitrogens is 1. The molecule has 7 nitrogen and oxygen atoms in total. The molecule has 0 bridgehead atoms. The summed E-state index contributed by atoms with van der Waals surface area (Å²) in [6.07, 6.45) is 1.65. The lowest BCUT2D eigenvalue weighted by Gasteiger charge is -2.38. The van der Waals surface area contributed by atoms with Crippen LogP contribution in [0.5, 0.6) is 0 Å². The Morgan fingerprint density at radius 3 is 3.26 bits per heavy atom. The van der Waals surface area contributed by atoms with Gasteiger partial charge in [-0.05, 0) is 6.92 Å². The molecule has 1 saturated heterocycles. The van der Waals surface area contributed by atoms with Crippen LogP contribution in [0.25, 0.3) is 5.65 Å². The Hall–Kier alpha value is -1.41. The third-order valence-electron chi connectivity index (χ3n) is 3.27. The first-order valence-corrected chi connectivity index (χ1v) is 7.18. The second-order valence-electron chi connectivity index (χ2n) is 4.62. The molecule has 0 saturated carbocycles. The number of aromatic nitrogens is 4. The molecule has 1 N–H and O–H groups in total. The summed E-state index contributed by atoms with van der Waals surface area (Å²) in [5, 5.41) is 7.15. The monoisotopic (exact) mass is 327 g/mol. The summed E-state index contributed by atoms with van der Waals surface area (Å²) in [6.45, 7) is 3.52. The van der Waals surface area contributed by atoms with Crippen LogP contribution in [0.15, 0.2) is 17.2 Å². The van der Waals surface area contributed by atoms with E-state index < -0.39 is 0 Å². The zero-order valence-corrected chi connectivity index (χ0v) is 12.0. The number of nitrogens with one attached hydrogen (secondary N) is 1. The standard InChI is InChI=1S/C11H14BrN5O2/c1-7-5-19-8(3-12)4-16(7)9-2-10-14-15-11(18)17(10)6-13-9/h2,6-8H,3-5H2,1H3,(H,15,18). The van der Waals surface area contributed by atoms with Crippen LogP contribution in [0.2, 0.25) is 0 Å². The predicted octanol–water partition coefficient (Wildman–Crippen LogP) is 0.406. The summed E-state index contributed by atoms with van der Waals surface area (Å²) < 4.78 is 7.07. The molecule has 2 aromatic rings. The topological polar surface area (TPSA) is 75.5 Å². The van der Waals surface area contributed by atoms with Crippen molar-refractivity contribution < 1.29 is 4.74 Å². The van der Waals surface area contributed by atoms with E-state index in [1.807, 2.05) is 6.07 Å². The minimum atomic E-state index is -0.276. The molecule has 0 amide bonds. The molecule has 1 aliphatic rings. The number of hydrogen-bond acceptors (Lipinski definition) is 5. The summed E-state index contributed by atoms with van der Waals surface area (Å²) in [4.78, 5) is 17.9. The minimum absolute atomic E-state index is 0.149. The second-order valence-corrected chi connectivity index (χ2v) is 5.26. The van der Waals surface area contributed by atoms with Crippen molar-refractivity contribution in [3.8, 4) is 0 Å². The third kappa shape index (κ3) is 2.25. The predicted molar refractivity (Wildman–Crippen MR) is 73.9 cm³/mol. The lowest BCUT2D eigenvalue weighted by molar-refractivity contribution is 0.0376. The van der Waals surface area contributed by atoms with Gasteiger partial charge in [-0.1, -0.05) is 15.9 Å². The molecule has 2 aromatic heterocycles. The number of ether oxygens (including phenoxy) is 1. The summed E-state index contributed by atoms with van der Waals surface area (Å²) in [5.74, 6) is 0.813. The van der Waals surface area contributed by atoms with Crippen molar-refractivity contribution in [2.45, 2.75) is 19.1 Å². The Kier molecular flexibility index (Phi) is 3.28. The van der Waals surface area contributed by atoms with Gasteiger partial charge < -0.3 is 9.64 Å². The highest BCUT2D eigenvalue weighted by Crippen LogP contribution is 2.20. The van der Waals surface area contributed by atoms with Crippen LogP contribution in [0, 0.1) is 0 Å². The number of rotatable bonds is 2. The molecule has 0 aliphatic carbocycles. The van der Waals surface area contributed by atoms with Crippen LogP contribution in [-0.2, 0) is 4.74 Å². The van der Waals surface area contributed by atoms with Crippen molar-refractivity contribution in [3.05, 3.63) is 22.9 Å². The molecule has 2 unspecified atom stereocenters. The van der Waals surface area contributed by atoms with Gasteiger partial charge in [0.15, 0.2) is 5.65 Å².